The third kappa shape index (κ3) is 6.49. The first-order valence-corrected chi connectivity index (χ1v) is 15.2. The molecule has 228 valence electrons. The summed E-state index contributed by atoms with van der Waals surface area (Å²) in [5.41, 5.74) is -3.92. The monoisotopic (exact) mass is 618 g/mol. The number of hydrogen-bond donors (Lipinski definition) is 3. The number of rotatable bonds is 8. The van der Waals surface area contributed by atoms with Gasteiger partial charge in [-0.2, -0.15) is 4.98 Å². The summed E-state index contributed by atoms with van der Waals surface area (Å²) in [6.45, 7) is 5.55. The van der Waals surface area contributed by atoms with Crippen LogP contribution in [0.15, 0.2) is 53.5 Å². The Bertz CT molecular complexity index is 1850. The summed E-state index contributed by atoms with van der Waals surface area (Å²) in [7, 11) is -4.31. The molecule has 0 unspecified atom stereocenters. The molecule has 1 aliphatic rings. The van der Waals surface area contributed by atoms with E-state index in [1.54, 1.807) is 36.8 Å². The number of nitrogens with zero attached hydrogens (tertiary/aromatic N) is 3. The number of pyridine rings is 1. The van der Waals surface area contributed by atoms with Crippen LogP contribution in [0.2, 0.25) is 0 Å². The average molecular weight is 619 g/mol. The van der Waals surface area contributed by atoms with Gasteiger partial charge in [0.2, 0.25) is 16.0 Å². The van der Waals surface area contributed by atoms with Gasteiger partial charge < -0.3 is 10.6 Å². The van der Waals surface area contributed by atoms with Crippen LogP contribution < -0.4 is 20.9 Å². The quantitative estimate of drug-likeness (QED) is 0.190. The topological polar surface area (TPSA) is 118 Å². The second-order valence-corrected chi connectivity index (χ2v) is 12.9. The van der Waals surface area contributed by atoms with Crippen LogP contribution in [0.3, 0.4) is 0 Å². The van der Waals surface area contributed by atoms with E-state index in [1.807, 2.05) is 0 Å². The lowest BCUT2D eigenvalue weighted by molar-refractivity contribution is 0.137. The maximum atomic E-state index is 15.4. The summed E-state index contributed by atoms with van der Waals surface area (Å²) in [6.07, 6.45) is 1.58. The van der Waals surface area contributed by atoms with Crippen LogP contribution in [-0.4, -0.2) is 47.8 Å². The van der Waals surface area contributed by atoms with Gasteiger partial charge in [0.1, 0.15) is 17.0 Å². The van der Waals surface area contributed by atoms with Crippen LogP contribution >= 0.6 is 0 Å². The van der Waals surface area contributed by atoms with E-state index in [1.165, 1.54) is 35.9 Å². The molecule has 3 heterocycles. The van der Waals surface area contributed by atoms with Crippen LogP contribution in [-0.2, 0) is 15.8 Å². The van der Waals surface area contributed by atoms with Crippen molar-refractivity contribution in [2.75, 3.05) is 23.1 Å². The Kier molecular flexibility index (Phi) is 8.18. The number of halogens is 4. The number of nitrogens with one attached hydrogen (secondary N) is 3. The molecule has 2 aromatic heterocycles. The Morgan fingerprint density at radius 3 is 2.51 bits per heavy atom. The fourth-order valence-electron chi connectivity index (χ4n) is 5.18. The number of piperidine rings is 1. The van der Waals surface area contributed by atoms with Crippen molar-refractivity contribution in [3.05, 3.63) is 82.0 Å². The normalized spacial score (nSPS) is 19.1. The third-order valence-electron chi connectivity index (χ3n) is 7.08. The molecule has 3 N–H and O–H groups in total. The van der Waals surface area contributed by atoms with E-state index in [9.17, 15) is 17.6 Å². The molecule has 0 radical (unpaired) electrons. The molecule has 5 rings (SSSR count). The molecule has 9 nitrogen and oxygen atoms in total. The summed E-state index contributed by atoms with van der Waals surface area (Å²) in [5, 5.41) is 6.35. The van der Waals surface area contributed by atoms with Crippen molar-refractivity contribution < 1.29 is 26.0 Å². The maximum absolute atomic E-state index is 15.4. The molecule has 0 saturated carbocycles. The van der Waals surface area contributed by atoms with Gasteiger partial charge in [-0.1, -0.05) is 30.3 Å². The SMILES string of the molecule is CC(C)n1c(=O)c(-c2cc(F)c(NS(=O)(=O)Cc3ccccc3)c(F)c2F)cc2cnc(N[C@@H]3CNC[C@@](C)(F)C3)nc21. The largest absolute Gasteiger partial charge is 0.350 e. The zero-order chi connectivity index (χ0) is 31.1. The molecule has 2 atom stereocenters. The second-order valence-electron chi connectivity index (χ2n) is 11.1. The van der Waals surface area contributed by atoms with Crippen LogP contribution in [0.1, 0.15) is 38.8 Å². The Morgan fingerprint density at radius 2 is 1.84 bits per heavy atom. The van der Waals surface area contributed by atoms with Gasteiger partial charge in [0.15, 0.2) is 17.5 Å². The van der Waals surface area contributed by atoms with Crippen molar-refractivity contribution >= 4 is 32.7 Å². The van der Waals surface area contributed by atoms with Crippen LogP contribution in [0, 0.1) is 17.5 Å². The average Bonchev–Trinajstić information content (AvgIpc) is 2.92. The Labute approximate surface area is 245 Å². The molecular weight excluding hydrogens is 588 g/mol. The first-order valence-electron chi connectivity index (χ1n) is 13.6. The lowest BCUT2D eigenvalue weighted by Crippen LogP contribution is -2.50. The smallest absolute Gasteiger partial charge is 0.260 e. The molecule has 0 spiro atoms. The minimum Gasteiger partial charge on any atom is -0.350 e. The molecule has 1 aliphatic heterocycles. The lowest BCUT2D eigenvalue weighted by Gasteiger charge is -2.33. The summed E-state index contributed by atoms with van der Waals surface area (Å²) >= 11 is 0. The number of fused-ring (bicyclic) bond motifs is 1. The molecule has 43 heavy (non-hydrogen) atoms. The van der Waals surface area contributed by atoms with Crippen molar-refractivity contribution in [1.82, 2.24) is 19.9 Å². The number of benzene rings is 2. The minimum atomic E-state index is -4.31. The highest BCUT2D eigenvalue weighted by atomic mass is 32.2. The van der Waals surface area contributed by atoms with Crippen molar-refractivity contribution in [2.24, 2.45) is 0 Å². The number of aromatic nitrogens is 3. The summed E-state index contributed by atoms with van der Waals surface area (Å²) in [5.74, 6) is -5.25. The fraction of sp³-hybridized carbons (Fsp3) is 0.345. The van der Waals surface area contributed by atoms with Gasteiger partial charge in [-0.05, 0) is 38.5 Å². The number of anilines is 2. The number of sulfonamides is 1. The second kappa shape index (κ2) is 11.6. The molecule has 1 fully saturated rings. The highest BCUT2D eigenvalue weighted by molar-refractivity contribution is 7.91. The van der Waals surface area contributed by atoms with Crippen LogP contribution in [0.5, 0.6) is 0 Å². The van der Waals surface area contributed by atoms with Gasteiger partial charge in [0.05, 0.1) is 11.3 Å². The lowest BCUT2D eigenvalue weighted by atomic mass is 9.95. The van der Waals surface area contributed by atoms with Gasteiger partial charge in [-0.15, -0.1) is 0 Å². The summed E-state index contributed by atoms with van der Waals surface area (Å²) < 4.78 is 88.5. The van der Waals surface area contributed by atoms with Gasteiger partial charge in [-0.3, -0.25) is 14.1 Å². The summed E-state index contributed by atoms with van der Waals surface area (Å²) in [6, 6.07) is 8.89. The zero-order valence-electron chi connectivity index (χ0n) is 23.6. The van der Waals surface area contributed by atoms with E-state index in [-0.39, 0.29) is 41.6 Å². The standard InChI is InChI=1S/C29H30F4N6O3S/c1-16(2)39-26-18(12-35-28(37-26)36-19-11-29(3,33)15-34-13-19)9-21(27(39)40)20-10-22(30)25(24(32)23(20)31)38-43(41,42)14-17-7-5-4-6-8-17/h4-10,12,16,19,34,38H,11,13-15H2,1-3H3,(H,35,36,37)/t19-,29-/m0/s1. The zero-order valence-corrected chi connectivity index (χ0v) is 24.4. The molecule has 2 aromatic carbocycles. The minimum absolute atomic E-state index is 0.147. The van der Waals surface area contributed by atoms with E-state index in [4.69, 9.17) is 0 Å². The molecule has 14 heteroatoms. The van der Waals surface area contributed by atoms with Gasteiger partial charge in [-0.25, -0.2) is 31.0 Å². The molecule has 4 aromatic rings. The molecule has 1 saturated heterocycles. The Balaban J connectivity index is 1.52. The van der Waals surface area contributed by atoms with Gasteiger partial charge in [0, 0.05) is 48.7 Å². The van der Waals surface area contributed by atoms with E-state index in [0.29, 0.717) is 18.2 Å². The molecule has 0 bridgehead atoms. The predicted molar refractivity (Wildman–Crippen MR) is 157 cm³/mol. The first-order chi connectivity index (χ1) is 20.2. The highest BCUT2D eigenvalue weighted by Gasteiger charge is 2.32. The van der Waals surface area contributed by atoms with E-state index in [2.05, 4.69) is 20.6 Å². The van der Waals surface area contributed by atoms with Crippen molar-refractivity contribution in [1.29, 1.82) is 0 Å². The Morgan fingerprint density at radius 1 is 1.12 bits per heavy atom. The van der Waals surface area contributed by atoms with Crippen molar-refractivity contribution in [2.45, 2.75) is 50.7 Å². The van der Waals surface area contributed by atoms with E-state index >= 15 is 13.2 Å². The Hall–Kier alpha value is -4.04. The maximum Gasteiger partial charge on any atom is 0.260 e. The van der Waals surface area contributed by atoms with Crippen molar-refractivity contribution in [3.63, 3.8) is 0 Å². The number of alkyl halides is 1. The third-order valence-corrected chi connectivity index (χ3v) is 8.31. The van der Waals surface area contributed by atoms with Crippen LogP contribution in [0.4, 0.5) is 29.2 Å². The van der Waals surface area contributed by atoms with E-state index in [0.717, 1.165) is 0 Å². The van der Waals surface area contributed by atoms with E-state index < -0.39 is 61.7 Å². The first kappa shape index (κ1) is 30.4. The van der Waals surface area contributed by atoms with Crippen molar-refractivity contribution in [3.8, 4) is 11.1 Å². The molecule has 0 aliphatic carbocycles. The summed E-state index contributed by atoms with van der Waals surface area (Å²) in [4.78, 5) is 22.3. The molecular formula is C29H30F4N6O3S. The highest BCUT2D eigenvalue weighted by Crippen LogP contribution is 2.32. The number of hydrogen-bond acceptors (Lipinski definition) is 7. The van der Waals surface area contributed by atoms with Crippen LogP contribution in [0.25, 0.3) is 22.2 Å². The predicted octanol–water partition coefficient (Wildman–Crippen LogP) is 4.90. The fourth-order valence-corrected chi connectivity index (χ4v) is 6.38. The van der Waals surface area contributed by atoms with Gasteiger partial charge in [0.25, 0.3) is 5.56 Å². The molecule has 0 amide bonds. The van der Waals surface area contributed by atoms with Gasteiger partial charge >= 0.3 is 0 Å².